The smallest absolute Gasteiger partial charge is 0.312 e. The molecule has 200 valence electrons. The van der Waals surface area contributed by atoms with Crippen LogP contribution >= 0.6 is 0 Å². The molecule has 0 aromatic carbocycles. The average molecular weight is 493 g/mol. The van der Waals surface area contributed by atoms with Gasteiger partial charge in [0.15, 0.2) is 6.61 Å². The highest BCUT2D eigenvalue weighted by Crippen LogP contribution is 2.17. The normalized spacial score (nSPS) is 18.4. The van der Waals surface area contributed by atoms with Crippen LogP contribution in [0.4, 0.5) is 0 Å². The lowest BCUT2D eigenvalue weighted by Gasteiger charge is -2.32. The van der Waals surface area contributed by atoms with Crippen molar-refractivity contribution in [3.63, 3.8) is 0 Å². The van der Waals surface area contributed by atoms with Crippen molar-refractivity contribution >= 4 is 11.9 Å². The van der Waals surface area contributed by atoms with Crippen molar-refractivity contribution in [3.8, 4) is 11.8 Å². The molecule has 8 nitrogen and oxygen atoms in total. The summed E-state index contributed by atoms with van der Waals surface area (Å²) < 4.78 is 10.0. The first-order valence-corrected chi connectivity index (χ1v) is 13.1. The molecule has 0 aliphatic carbocycles. The van der Waals surface area contributed by atoms with E-state index in [2.05, 4.69) is 58.8 Å². The number of carbonyl (C=O) groups is 2. The van der Waals surface area contributed by atoms with E-state index in [0.717, 1.165) is 72.0 Å². The lowest BCUT2D eigenvalue weighted by atomic mass is 9.96. The van der Waals surface area contributed by atoms with Gasteiger partial charge in [0.2, 0.25) is 0 Å². The van der Waals surface area contributed by atoms with Gasteiger partial charge in [0.1, 0.15) is 0 Å². The van der Waals surface area contributed by atoms with E-state index in [1.165, 1.54) is 7.11 Å². The molecule has 1 heterocycles. The summed E-state index contributed by atoms with van der Waals surface area (Å²) in [5.74, 6) is 4.94. The second kappa shape index (κ2) is 18.4. The Morgan fingerprint density at radius 1 is 0.829 bits per heavy atom. The average Bonchev–Trinajstić information content (AvgIpc) is 2.85. The third-order valence-corrected chi connectivity index (χ3v) is 6.72. The van der Waals surface area contributed by atoms with E-state index in [9.17, 15) is 9.59 Å². The maximum atomic E-state index is 12.0. The number of esters is 2. The Morgan fingerprint density at radius 2 is 1.29 bits per heavy atom. The highest BCUT2D eigenvalue weighted by atomic mass is 16.5. The number of carbonyl (C=O) groups excluding carboxylic acids is 2. The van der Waals surface area contributed by atoms with Crippen LogP contribution in [0, 0.1) is 17.8 Å². The molecule has 8 heteroatoms. The van der Waals surface area contributed by atoms with Crippen molar-refractivity contribution < 1.29 is 19.1 Å². The van der Waals surface area contributed by atoms with E-state index in [-0.39, 0.29) is 25.0 Å². The molecular formula is C27H48N4O4. The minimum Gasteiger partial charge on any atom is -0.469 e. The van der Waals surface area contributed by atoms with Gasteiger partial charge in [0.25, 0.3) is 0 Å². The second-order valence-electron chi connectivity index (χ2n) is 9.05. The monoisotopic (exact) mass is 492 g/mol. The van der Waals surface area contributed by atoms with Gasteiger partial charge in [-0.2, -0.15) is 0 Å². The van der Waals surface area contributed by atoms with Gasteiger partial charge in [0, 0.05) is 58.8 Å². The molecule has 0 saturated carbocycles. The van der Waals surface area contributed by atoms with Gasteiger partial charge in [-0.1, -0.05) is 44.8 Å². The molecule has 0 spiro atoms. The van der Waals surface area contributed by atoms with Crippen LogP contribution in [0.25, 0.3) is 0 Å². The Hall–Kier alpha value is -1.92. The number of hydrogen-bond acceptors (Lipinski definition) is 8. The summed E-state index contributed by atoms with van der Waals surface area (Å²) >= 11 is 0. The van der Waals surface area contributed by atoms with Gasteiger partial charge < -0.3 is 24.2 Å². The van der Waals surface area contributed by atoms with Crippen LogP contribution in [-0.4, -0.2) is 124 Å². The summed E-state index contributed by atoms with van der Waals surface area (Å²) in [6, 6.07) is 0. The molecule has 1 saturated heterocycles. The summed E-state index contributed by atoms with van der Waals surface area (Å²) in [7, 11) is 1.34. The molecule has 1 atom stereocenters. The van der Waals surface area contributed by atoms with Crippen molar-refractivity contribution in [2.45, 2.75) is 40.5 Å². The van der Waals surface area contributed by atoms with Gasteiger partial charge in [-0.05, 0) is 33.0 Å². The summed E-state index contributed by atoms with van der Waals surface area (Å²) in [5, 5.41) is 0. The predicted octanol–water partition coefficient (Wildman–Crippen LogP) is 1.96. The fourth-order valence-electron chi connectivity index (χ4n) is 4.06. The lowest BCUT2D eigenvalue weighted by Crippen LogP contribution is -2.45. The van der Waals surface area contributed by atoms with Crippen LogP contribution in [0.5, 0.6) is 0 Å². The maximum Gasteiger partial charge on any atom is 0.312 e. The molecule has 1 aliphatic rings. The molecule has 1 fully saturated rings. The Kier molecular flexibility index (Phi) is 16.3. The highest BCUT2D eigenvalue weighted by molar-refractivity contribution is 5.77. The summed E-state index contributed by atoms with van der Waals surface area (Å²) in [4.78, 5) is 33.8. The van der Waals surface area contributed by atoms with E-state index >= 15 is 0 Å². The second-order valence-corrected chi connectivity index (χ2v) is 9.05. The number of hydrogen-bond donors (Lipinski definition) is 0. The Balaban J connectivity index is 2.54. The zero-order chi connectivity index (χ0) is 26.1. The lowest BCUT2D eigenvalue weighted by molar-refractivity contribution is -0.145. The molecule has 0 amide bonds. The maximum absolute atomic E-state index is 12.0. The summed E-state index contributed by atoms with van der Waals surface area (Å²) in [6.07, 6.45) is 0.468. The quantitative estimate of drug-likeness (QED) is 0.261. The van der Waals surface area contributed by atoms with Crippen LogP contribution in [-0.2, 0) is 19.1 Å². The molecule has 0 bridgehead atoms. The number of nitrogens with zero attached hydrogens (tertiary/aromatic N) is 4. The van der Waals surface area contributed by atoms with Crippen LogP contribution < -0.4 is 0 Å². The molecule has 0 radical (unpaired) electrons. The van der Waals surface area contributed by atoms with Crippen molar-refractivity contribution in [1.82, 2.24) is 19.6 Å². The minimum absolute atomic E-state index is 0.0671. The van der Waals surface area contributed by atoms with E-state index in [0.29, 0.717) is 18.5 Å². The summed E-state index contributed by atoms with van der Waals surface area (Å²) in [5.41, 5.74) is 0.682. The number of methoxy groups -OCH3 is 1. The standard InChI is InChI=1S/C27H48N4O4/c1-7-28-15-17-29(8-2)19-21-31(22-20-30(9-3)18-16-28)14-10-11-23-35-26(32)13-12-25(24(4)5)27(33)34-6/h25H,4,7-9,12-23H2,1-3,5-6H3. The highest BCUT2D eigenvalue weighted by Gasteiger charge is 2.21. The molecule has 1 aliphatic heterocycles. The van der Waals surface area contributed by atoms with Gasteiger partial charge in [-0.25, -0.2) is 0 Å². The zero-order valence-electron chi connectivity index (χ0n) is 22.8. The molecule has 1 rings (SSSR count). The van der Waals surface area contributed by atoms with Crippen molar-refractivity contribution in [3.05, 3.63) is 12.2 Å². The fraction of sp³-hybridized carbons (Fsp3) is 0.778. The van der Waals surface area contributed by atoms with Gasteiger partial charge in [0.05, 0.1) is 19.6 Å². The first-order chi connectivity index (χ1) is 16.8. The molecule has 0 aromatic heterocycles. The first kappa shape index (κ1) is 31.1. The van der Waals surface area contributed by atoms with Crippen LogP contribution in [0.2, 0.25) is 0 Å². The van der Waals surface area contributed by atoms with Crippen molar-refractivity contribution in [1.29, 1.82) is 0 Å². The topological polar surface area (TPSA) is 65.6 Å². The third-order valence-electron chi connectivity index (χ3n) is 6.72. The predicted molar refractivity (Wildman–Crippen MR) is 141 cm³/mol. The molecular weight excluding hydrogens is 444 g/mol. The van der Waals surface area contributed by atoms with Gasteiger partial charge in [-0.15, -0.1) is 0 Å². The van der Waals surface area contributed by atoms with E-state index < -0.39 is 5.92 Å². The van der Waals surface area contributed by atoms with E-state index in [1.807, 2.05) is 0 Å². The number of likely N-dealkylation sites (N-methyl/N-ethyl adjacent to an activating group) is 3. The minimum atomic E-state index is -0.483. The SMILES string of the molecule is C=C(C)C(CCC(=O)OCC#CCN1CCN(CC)CCN(CC)CCN(CC)CC1)C(=O)OC. The van der Waals surface area contributed by atoms with Crippen molar-refractivity contribution in [2.24, 2.45) is 5.92 Å². The number of ether oxygens (including phenoxy) is 2. The number of rotatable bonds is 10. The van der Waals surface area contributed by atoms with Crippen LogP contribution in [0.3, 0.4) is 0 Å². The van der Waals surface area contributed by atoms with E-state index in [4.69, 9.17) is 9.47 Å². The molecule has 1 unspecified atom stereocenters. The van der Waals surface area contributed by atoms with E-state index in [1.54, 1.807) is 6.92 Å². The van der Waals surface area contributed by atoms with Crippen LogP contribution in [0.1, 0.15) is 40.5 Å². The first-order valence-electron chi connectivity index (χ1n) is 13.1. The Bertz CT molecular complexity index is 683. The largest absolute Gasteiger partial charge is 0.469 e. The van der Waals surface area contributed by atoms with Gasteiger partial charge >= 0.3 is 11.9 Å². The fourth-order valence-corrected chi connectivity index (χ4v) is 4.06. The summed E-state index contributed by atoms with van der Waals surface area (Å²) in [6.45, 7) is 24.6. The van der Waals surface area contributed by atoms with Gasteiger partial charge in [-0.3, -0.25) is 14.5 Å². The van der Waals surface area contributed by atoms with Crippen molar-refractivity contribution in [2.75, 3.05) is 92.3 Å². The zero-order valence-corrected chi connectivity index (χ0v) is 22.8. The Morgan fingerprint density at radius 3 is 1.69 bits per heavy atom. The molecule has 0 aromatic rings. The molecule has 35 heavy (non-hydrogen) atoms. The molecule has 0 N–H and O–H groups in total. The van der Waals surface area contributed by atoms with Crippen LogP contribution in [0.15, 0.2) is 12.2 Å². The Labute approximate surface area is 213 Å². The third kappa shape index (κ3) is 13.1.